The number of urea groups is 1. The van der Waals surface area contributed by atoms with Crippen LogP contribution in [0.25, 0.3) is 22.0 Å². The first-order valence-corrected chi connectivity index (χ1v) is 15.3. The Kier molecular flexibility index (Phi) is 7.22. The van der Waals surface area contributed by atoms with Gasteiger partial charge in [-0.25, -0.2) is 4.79 Å². The fourth-order valence-corrected chi connectivity index (χ4v) is 6.97. The highest BCUT2D eigenvalue weighted by Gasteiger charge is 2.44. The summed E-state index contributed by atoms with van der Waals surface area (Å²) in [7, 11) is 0. The average molecular weight is 581 g/mol. The average Bonchev–Trinajstić information content (AvgIpc) is 3.47. The Labute approximate surface area is 257 Å². The zero-order valence-corrected chi connectivity index (χ0v) is 24.9. The normalized spacial score (nSPS) is 16.9. The largest absolute Gasteiger partial charge is 0.367 e. The van der Waals surface area contributed by atoms with Gasteiger partial charge in [0.15, 0.2) is 0 Å². The minimum absolute atomic E-state index is 0.163. The van der Waals surface area contributed by atoms with Crippen LogP contribution in [0.3, 0.4) is 0 Å². The van der Waals surface area contributed by atoms with Gasteiger partial charge in [-0.2, -0.15) is 5.10 Å². The van der Waals surface area contributed by atoms with E-state index in [4.69, 9.17) is 10.8 Å². The van der Waals surface area contributed by atoms with Gasteiger partial charge in [0.05, 0.1) is 11.2 Å². The Morgan fingerprint density at radius 2 is 1.59 bits per heavy atom. The molecule has 1 unspecified atom stereocenters. The lowest BCUT2D eigenvalue weighted by atomic mass is 9.70. The molecule has 1 aliphatic carbocycles. The predicted octanol–water partition coefficient (Wildman–Crippen LogP) is 6.53. The third kappa shape index (κ3) is 4.74. The van der Waals surface area contributed by atoms with Crippen molar-refractivity contribution >= 4 is 22.6 Å². The van der Waals surface area contributed by atoms with Crippen molar-refractivity contribution in [3.05, 3.63) is 138 Å². The number of pyridine rings is 1. The highest BCUT2D eigenvalue weighted by Crippen LogP contribution is 2.45. The van der Waals surface area contributed by atoms with E-state index >= 15 is 0 Å². The van der Waals surface area contributed by atoms with E-state index in [2.05, 4.69) is 137 Å². The fraction of sp³-hybridized carbons (Fsp3) is 0.216. The summed E-state index contributed by atoms with van der Waals surface area (Å²) in [6.45, 7) is 4.76. The van der Waals surface area contributed by atoms with E-state index < -0.39 is 5.54 Å². The summed E-state index contributed by atoms with van der Waals surface area (Å²) in [5, 5.41) is 6.37. The summed E-state index contributed by atoms with van der Waals surface area (Å²) in [4.78, 5) is 20.4. The van der Waals surface area contributed by atoms with E-state index in [1.807, 2.05) is 6.20 Å². The van der Waals surface area contributed by atoms with Gasteiger partial charge >= 0.3 is 6.03 Å². The van der Waals surface area contributed by atoms with Crippen molar-refractivity contribution in [2.45, 2.75) is 18.9 Å². The molecular weight excluding hydrogens is 544 g/mol. The van der Waals surface area contributed by atoms with E-state index in [0.29, 0.717) is 13.1 Å². The smallest absolute Gasteiger partial charge is 0.314 e. The number of amides is 2. The van der Waals surface area contributed by atoms with Crippen LogP contribution in [0.15, 0.2) is 122 Å². The number of primary amides is 1. The van der Waals surface area contributed by atoms with Crippen LogP contribution < -0.4 is 10.6 Å². The van der Waals surface area contributed by atoms with Crippen LogP contribution in [0.1, 0.15) is 23.2 Å². The molecule has 2 N–H and O–H groups in total. The van der Waals surface area contributed by atoms with Gasteiger partial charge in [-0.1, -0.05) is 91.0 Å². The molecule has 7 rings (SSSR count). The first-order valence-electron chi connectivity index (χ1n) is 15.3. The number of aromatic nitrogens is 3. The Balaban J connectivity index is 1.36. The van der Waals surface area contributed by atoms with E-state index in [1.54, 1.807) is 4.90 Å². The molecule has 1 aliphatic heterocycles. The summed E-state index contributed by atoms with van der Waals surface area (Å²) in [5.74, 6) is 0.163. The molecule has 0 saturated carbocycles. The van der Waals surface area contributed by atoms with E-state index in [0.717, 1.165) is 52.9 Å². The lowest BCUT2D eigenvalue weighted by Gasteiger charge is -2.41. The van der Waals surface area contributed by atoms with Gasteiger partial charge < -0.3 is 15.5 Å². The standard InChI is InChI=1S/C37H36N6O/c1-27-33(28-17-18-34-32(25-28)35(19-20-39-34)41-21-23-42(24-22-41)36(38)44)26-43(40-27)37(29-11-5-2-6-12-29,30-13-7-3-8-14-30)31-15-9-4-10-16-31/h2-15,17-20,25-26,31H,16,21-24H2,1H3,(H2,38,44). The lowest BCUT2D eigenvalue weighted by Crippen LogP contribution is -2.50. The van der Waals surface area contributed by atoms with Crippen molar-refractivity contribution in [2.24, 2.45) is 11.7 Å². The summed E-state index contributed by atoms with van der Waals surface area (Å²) in [6, 6.07) is 29.7. The molecule has 2 aliphatic rings. The Hall–Kier alpha value is -5.17. The minimum Gasteiger partial charge on any atom is -0.367 e. The number of anilines is 1. The first kappa shape index (κ1) is 27.7. The molecule has 2 aromatic heterocycles. The fourth-order valence-electron chi connectivity index (χ4n) is 6.97. The third-order valence-electron chi connectivity index (χ3n) is 9.17. The number of piperazine rings is 1. The summed E-state index contributed by atoms with van der Waals surface area (Å²) < 4.78 is 2.20. The van der Waals surface area contributed by atoms with Crippen LogP contribution in [-0.4, -0.2) is 51.9 Å². The monoisotopic (exact) mass is 580 g/mol. The third-order valence-corrected chi connectivity index (χ3v) is 9.17. The zero-order valence-electron chi connectivity index (χ0n) is 24.9. The Morgan fingerprint density at radius 1 is 0.886 bits per heavy atom. The number of nitrogens with two attached hydrogens (primary N) is 1. The van der Waals surface area contributed by atoms with Crippen LogP contribution in [0.5, 0.6) is 0 Å². The molecule has 3 aromatic carbocycles. The molecule has 7 nitrogen and oxygen atoms in total. The van der Waals surface area contributed by atoms with Gasteiger partial charge in [0.2, 0.25) is 0 Å². The molecule has 1 saturated heterocycles. The second-order valence-corrected chi connectivity index (χ2v) is 11.6. The second kappa shape index (κ2) is 11.5. The lowest BCUT2D eigenvalue weighted by molar-refractivity contribution is 0.204. The summed E-state index contributed by atoms with van der Waals surface area (Å²) >= 11 is 0. The molecule has 1 fully saturated rings. The number of carbonyl (C=O) groups is 1. The van der Waals surface area contributed by atoms with Crippen LogP contribution in [-0.2, 0) is 5.54 Å². The van der Waals surface area contributed by atoms with Crippen molar-refractivity contribution in [3.63, 3.8) is 0 Å². The zero-order chi connectivity index (χ0) is 30.1. The predicted molar refractivity (Wildman–Crippen MR) is 177 cm³/mol. The van der Waals surface area contributed by atoms with Crippen LogP contribution in [0, 0.1) is 12.8 Å². The summed E-state index contributed by atoms with van der Waals surface area (Å²) in [6.07, 6.45) is 13.9. The Bertz CT molecular complexity index is 1810. The van der Waals surface area contributed by atoms with Crippen LogP contribution in [0.2, 0.25) is 0 Å². The number of nitrogens with zero attached hydrogens (tertiary/aromatic N) is 5. The topological polar surface area (TPSA) is 80.3 Å². The number of allylic oxidation sites excluding steroid dienone is 4. The van der Waals surface area contributed by atoms with Crippen molar-refractivity contribution in [1.29, 1.82) is 0 Å². The van der Waals surface area contributed by atoms with Gasteiger partial charge in [0.25, 0.3) is 0 Å². The minimum atomic E-state index is -0.545. The number of rotatable bonds is 6. The molecule has 2 amide bonds. The molecular formula is C37H36N6O. The molecule has 3 heterocycles. The Morgan fingerprint density at radius 3 is 2.23 bits per heavy atom. The molecule has 1 atom stereocenters. The van der Waals surface area contributed by atoms with Crippen molar-refractivity contribution in [2.75, 3.05) is 31.1 Å². The van der Waals surface area contributed by atoms with Crippen molar-refractivity contribution < 1.29 is 4.79 Å². The van der Waals surface area contributed by atoms with Gasteiger partial charge in [-0.3, -0.25) is 9.67 Å². The molecule has 44 heavy (non-hydrogen) atoms. The number of hydrogen-bond acceptors (Lipinski definition) is 4. The number of fused-ring (bicyclic) bond motifs is 1. The highest BCUT2D eigenvalue weighted by atomic mass is 16.2. The molecule has 0 radical (unpaired) electrons. The number of carbonyl (C=O) groups excluding carboxylic acids is 1. The van der Waals surface area contributed by atoms with E-state index in [-0.39, 0.29) is 11.9 Å². The maximum atomic E-state index is 11.7. The van der Waals surface area contributed by atoms with E-state index in [1.165, 1.54) is 11.1 Å². The SMILES string of the molecule is Cc1nn(C(c2ccccc2)(c2ccccc2)C2C=CC=CC2)cc1-c1ccc2nccc(N3CCN(C(N)=O)CC3)c2c1. The van der Waals surface area contributed by atoms with Crippen LogP contribution >= 0.6 is 0 Å². The van der Waals surface area contributed by atoms with E-state index in [9.17, 15) is 4.79 Å². The molecule has 5 aromatic rings. The van der Waals surface area contributed by atoms with Gasteiger partial charge in [-0.15, -0.1) is 0 Å². The number of hydrogen-bond donors (Lipinski definition) is 1. The molecule has 0 spiro atoms. The number of benzene rings is 3. The van der Waals surface area contributed by atoms with Gasteiger partial charge in [0.1, 0.15) is 5.54 Å². The maximum absolute atomic E-state index is 11.7. The maximum Gasteiger partial charge on any atom is 0.314 e. The quantitative estimate of drug-likeness (QED) is 0.248. The summed E-state index contributed by atoms with van der Waals surface area (Å²) in [5.41, 5.74) is 12.6. The number of aryl methyl sites for hydroxylation is 1. The van der Waals surface area contributed by atoms with Crippen molar-refractivity contribution in [3.8, 4) is 11.1 Å². The van der Waals surface area contributed by atoms with Gasteiger partial charge in [0, 0.05) is 61.1 Å². The second-order valence-electron chi connectivity index (χ2n) is 11.6. The first-order chi connectivity index (χ1) is 21.6. The molecule has 220 valence electrons. The van der Waals surface area contributed by atoms with Crippen molar-refractivity contribution in [1.82, 2.24) is 19.7 Å². The molecule has 0 bridgehead atoms. The van der Waals surface area contributed by atoms with Crippen LogP contribution in [0.4, 0.5) is 10.5 Å². The molecule has 7 heteroatoms. The van der Waals surface area contributed by atoms with Gasteiger partial charge in [-0.05, 0) is 48.2 Å². The highest BCUT2D eigenvalue weighted by molar-refractivity contribution is 5.95.